The van der Waals surface area contributed by atoms with Crippen LogP contribution in [0.2, 0.25) is 0 Å². The van der Waals surface area contributed by atoms with Crippen LogP contribution < -0.4 is 0 Å². The summed E-state index contributed by atoms with van der Waals surface area (Å²) in [6, 6.07) is 5.43. The third-order valence-electron chi connectivity index (χ3n) is 5.58. The van der Waals surface area contributed by atoms with Crippen molar-refractivity contribution in [2.45, 2.75) is 50.8 Å². The first-order valence-corrected chi connectivity index (χ1v) is 10.9. The molecule has 1 aliphatic heterocycles. The molecule has 1 aromatic rings. The fourth-order valence-electron chi connectivity index (χ4n) is 3.65. The van der Waals surface area contributed by atoms with Crippen LogP contribution >= 0.6 is 0 Å². The zero-order valence-corrected chi connectivity index (χ0v) is 16.3. The second-order valence-corrected chi connectivity index (χ2v) is 9.29. The van der Waals surface area contributed by atoms with E-state index in [-0.39, 0.29) is 0 Å². The van der Waals surface area contributed by atoms with Gasteiger partial charge >= 0.3 is 0 Å². The molecule has 0 N–H and O–H groups in total. The summed E-state index contributed by atoms with van der Waals surface area (Å²) < 4.78 is 27.4. The zero-order valence-electron chi connectivity index (χ0n) is 15.5. The van der Waals surface area contributed by atoms with Crippen molar-refractivity contribution in [3.8, 4) is 0 Å². The van der Waals surface area contributed by atoms with Crippen molar-refractivity contribution < 1.29 is 8.42 Å². The first-order chi connectivity index (χ1) is 12.0. The van der Waals surface area contributed by atoms with E-state index >= 15 is 0 Å². The lowest BCUT2D eigenvalue weighted by Gasteiger charge is -2.34. The molecule has 1 saturated heterocycles. The van der Waals surface area contributed by atoms with Gasteiger partial charge in [-0.15, -0.1) is 0 Å². The standard InChI is InChI=1S/C20H30N2O2S/c1-17-8-9-20(16-18(17)2)25(23,24)22-14-12-21(13-15-22)11-10-19-6-4-3-5-7-19/h6,8-9,16H,3-5,7,10-15H2,1-2H3. The van der Waals surface area contributed by atoms with Gasteiger partial charge in [-0.3, -0.25) is 0 Å². The van der Waals surface area contributed by atoms with Crippen LogP contribution in [0.5, 0.6) is 0 Å². The summed E-state index contributed by atoms with van der Waals surface area (Å²) in [7, 11) is -3.36. The van der Waals surface area contributed by atoms with Crippen LogP contribution in [-0.2, 0) is 10.0 Å². The van der Waals surface area contributed by atoms with Gasteiger partial charge in [0.15, 0.2) is 0 Å². The van der Waals surface area contributed by atoms with Gasteiger partial charge in [-0.25, -0.2) is 8.42 Å². The second-order valence-electron chi connectivity index (χ2n) is 7.35. The highest BCUT2D eigenvalue weighted by molar-refractivity contribution is 7.89. The lowest BCUT2D eigenvalue weighted by Crippen LogP contribution is -2.48. The van der Waals surface area contributed by atoms with Gasteiger partial charge in [-0.1, -0.05) is 17.7 Å². The van der Waals surface area contributed by atoms with E-state index in [9.17, 15) is 8.42 Å². The Hall–Kier alpha value is -1.17. The Balaban J connectivity index is 1.55. The molecule has 1 aromatic carbocycles. The quantitative estimate of drug-likeness (QED) is 0.753. The average Bonchev–Trinajstić information content (AvgIpc) is 2.63. The second kappa shape index (κ2) is 8.02. The molecular weight excluding hydrogens is 332 g/mol. The average molecular weight is 363 g/mol. The molecule has 25 heavy (non-hydrogen) atoms. The lowest BCUT2D eigenvalue weighted by molar-refractivity contribution is 0.189. The molecule has 0 spiro atoms. The largest absolute Gasteiger partial charge is 0.300 e. The number of piperazine rings is 1. The highest BCUT2D eigenvalue weighted by Crippen LogP contribution is 2.22. The third kappa shape index (κ3) is 4.52. The molecule has 0 bridgehead atoms. The van der Waals surface area contributed by atoms with E-state index in [1.807, 2.05) is 19.9 Å². The molecule has 0 radical (unpaired) electrons. The number of nitrogens with zero attached hydrogens (tertiary/aromatic N) is 2. The van der Waals surface area contributed by atoms with Crippen LogP contribution in [0.15, 0.2) is 34.7 Å². The van der Waals surface area contributed by atoms with Gasteiger partial charge in [0, 0.05) is 32.7 Å². The summed E-state index contributed by atoms with van der Waals surface area (Å²) in [4.78, 5) is 2.83. The Morgan fingerprint density at radius 1 is 1.00 bits per heavy atom. The molecule has 1 aliphatic carbocycles. The fraction of sp³-hybridized carbons (Fsp3) is 0.600. The number of aryl methyl sites for hydroxylation is 2. The smallest absolute Gasteiger partial charge is 0.243 e. The summed E-state index contributed by atoms with van der Waals surface area (Å²) in [5, 5.41) is 0. The van der Waals surface area contributed by atoms with Crippen molar-refractivity contribution in [1.82, 2.24) is 9.21 Å². The molecule has 5 heteroatoms. The lowest BCUT2D eigenvalue weighted by atomic mass is 9.97. The summed E-state index contributed by atoms with van der Waals surface area (Å²) in [5.74, 6) is 0. The number of benzene rings is 1. The predicted molar refractivity (Wildman–Crippen MR) is 102 cm³/mol. The van der Waals surface area contributed by atoms with Crippen molar-refractivity contribution in [2.24, 2.45) is 0 Å². The molecule has 0 unspecified atom stereocenters. The highest BCUT2D eigenvalue weighted by atomic mass is 32.2. The van der Waals surface area contributed by atoms with E-state index in [0.29, 0.717) is 18.0 Å². The maximum Gasteiger partial charge on any atom is 0.243 e. The van der Waals surface area contributed by atoms with E-state index in [4.69, 9.17) is 0 Å². The minimum Gasteiger partial charge on any atom is -0.300 e. The predicted octanol–water partition coefficient (Wildman–Crippen LogP) is 3.50. The minimum absolute atomic E-state index is 0.427. The molecular formula is C20H30N2O2S. The van der Waals surface area contributed by atoms with Crippen LogP contribution in [0.25, 0.3) is 0 Å². The summed E-state index contributed by atoms with van der Waals surface area (Å²) in [6.07, 6.45) is 8.69. The number of rotatable bonds is 5. The Morgan fingerprint density at radius 2 is 1.76 bits per heavy atom. The molecule has 0 aromatic heterocycles. The monoisotopic (exact) mass is 362 g/mol. The molecule has 4 nitrogen and oxygen atoms in total. The zero-order chi connectivity index (χ0) is 17.9. The number of allylic oxidation sites excluding steroid dienone is 1. The van der Waals surface area contributed by atoms with Crippen molar-refractivity contribution in [2.75, 3.05) is 32.7 Å². The molecule has 0 amide bonds. The number of sulfonamides is 1. The van der Waals surface area contributed by atoms with Gasteiger partial charge < -0.3 is 4.90 Å². The topological polar surface area (TPSA) is 40.6 Å². The van der Waals surface area contributed by atoms with Crippen molar-refractivity contribution >= 4 is 10.0 Å². The molecule has 0 saturated carbocycles. The Bertz CT molecular complexity index is 732. The Labute approximate surface area is 152 Å². The highest BCUT2D eigenvalue weighted by Gasteiger charge is 2.28. The van der Waals surface area contributed by atoms with Gasteiger partial charge in [-0.2, -0.15) is 4.31 Å². The van der Waals surface area contributed by atoms with Crippen molar-refractivity contribution in [1.29, 1.82) is 0 Å². The van der Waals surface area contributed by atoms with Gasteiger partial charge in [0.05, 0.1) is 4.90 Å². The Kier molecular flexibility index (Phi) is 5.97. The summed E-state index contributed by atoms with van der Waals surface area (Å²) in [6.45, 7) is 7.87. The SMILES string of the molecule is Cc1ccc(S(=O)(=O)N2CCN(CCC3=CCCCC3)CC2)cc1C. The summed E-state index contributed by atoms with van der Waals surface area (Å²) >= 11 is 0. The van der Waals surface area contributed by atoms with Crippen LogP contribution in [-0.4, -0.2) is 50.3 Å². The van der Waals surface area contributed by atoms with E-state index in [1.165, 1.54) is 25.7 Å². The van der Waals surface area contributed by atoms with Crippen molar-refractivity contribution in [3.63, 3.8) is 0 Å². The van der Waals surface area contributed by atoms with Crippen LogP contribution in [0, 0.1) is 13.8 Å². The van der Waals surface area contributed by atoms with Gasteiger partial charge in [0.2, 0.25) is 10.0 Å². The van der Waals surface area contributed by atoms with Crippen LogP contribution in [0.1, 0.15) is 43.2 Å². The number of hydrogen-bond donors (Lipinski definition) is 0. The van der Waals surface area contributed by atoms with E-state index < -0.39 is 10.0 Å². The molecule has 3 rings (SSSR count). The van der Waals surface area contributed by atoms with E-state index in [2.05, 4.69) is 11.0 Å². The molecule has 138 valence electrons. The van der Waals surface area contributed by atoms with Crippen LogP contribution in [0.4, 0.5) is 0 Å². The number of hydrogen-bond acceptors (Lipinski definition) is 3. The fourth-order valence-corrected chi connectivity index (χ4v) is 5.16. The van der Waals surface area contributed by atoms with Crippen LogP contribution in [0.3, 0.4) is 0 Å². The molecule has 2 aliphatic rings. The normalized spacial score (nSPS) is 20.5. The maximum atomic E-state index is 12.9. The molecule has 1 fully saturated rings. The van der Waals surface area contributed by atoms with E-state index in [1.54, 1.807) is 22.0 Å². The van der Waals surface area contributed by atoms with Gasteiger partial charge in [-0.05, 0) is 69.2 Å². The van der Waals surface area contributed by atoms with Crippen molar-refractivity contribution in [3.05, 3.63) is 41.0 Å². The van der Waals surface area contributed by atoms with Gasteiger partial charge in [0.1, 0.15) is 0 Å². The summed E-state index contributed by atoms with van der Waals surface area (Å²) in [5.41, 5.74) is 3.75. The Morgan fingerprint density at radius 3 is 2.40 bits per heavy atom. The van der Waals surface area contributed by atoms with E-state index in [0.717, 1.165) is 37.2 Å². The molecule has 0 atom stereocenters. The van der Waals surface area contributed by atoms with Gasteiger partial charge in [0.25, 0.3) is 0 Å². The third-order valence-corrected chi connectivity index (χ3v) is 7.48. The molecule has 1 heterocycles. The first-order valence-electron chi connectivity index (χ1n) is 9.44. The minimum atomic E-state index is -3.36. The maximum absolute atomic E-state index is 12.9. The first kappa shape index (κ1) is 18.6.